The zero-order valence-corrected chi connectivity index (χ0v) is 14.0. The summed E-state index contributed by atoms with van der Waals surface area (Å²) in [4.78, 5) is 23.3. The van der Waals surface area contributed by atoms with Crippen LogP contribution < -0.4 is 22.1 Å². The fourth-order valence-corrected chi connectivity index (χ4v) is 2.05. The van der Waals surface area contributed by atoms with Crippen molar-refractivity contribution in [2.75, 3.05) is 6.54 Å². The topological polar surface area (TPSA) is 110 Å². The summed E-state index contributed by atoms with van der Waals surface area (Å²) in [5, 5.41) is 5.46. The van der Waals surface area contributed by atoms with Crippen molar-refractivity contribution in [1.82, 2.24) is 10.6 Å². The second kappa shape index (κ2) is 8.60. The van der Waals surface area contributed by atoms with Crippen LogP contribution in [0.2, 0.25) is 0 Å². The number of rotatable bonds is 6. The van der Waals surface area contributed by atoms with Gasteiger partial charge in [-0.2, -0.15) is 0 Å². The summed E-state index contributed by atoms with van der Waals surface area (Å²) in [5.41, 5.74) is 12.2. The van der Waals surface area contributed by atoms with E-state index in [1.807, 2.05) is 45.0 Å². The minimum atomic E-state index is -0.658. The lowest BCUT2D eigenvalue weighted by atomic mass is 9.97. The SMILES string of the molecule is Cc1ccccc1C(CC(=O)NC(C)(C)CN)NC(N)=O.Cl. The molecule has 0 aliphatic carbocycles. The number of amides is 3. The van der Waals surface area contributed by atoms with Gasteiger partial charge in [-0.3, -0.25) is 4.79 Å². The molecular weight excluding hydrogens is 304 g/mol. The Morgan fingerprint density at radius 3 is 2.36 bits per heavy atom. The molecule has 0 aromatic heterocycles. The van der Waals surface area contributed by atoms with Crippen LogP contribution >= 0.6 is 12.4 Å². The fourth-order valence-electron chi connectivity index (χ4n) is 2.05. The molecule has 6 nitrogen and oxygen atoms in total. The Hall–Kier alpha value is -1.79. The maximum absolute atomic E-state index is 12.1. The smallest absolute Gasteiger partial charge is 0.312 e. The fraction of sp³-hybridized carbons (Fsp3) is 0.467. The van der Waals surface area contributed by atoms with Gasteiger partial charge in [0.05, 0.1) is 12.5 Å². The van der Waals surface area contributed by atoms with Gasteiger partial charge in [-0.25, -0.2) is 4.79 Å². The van der Waals surface area contributed by atoms with Crippen LogP contribution in [-0.2, 0) is 4.79 Å². The molecule has 1 atom stereocenters. The average Bonchev–Trinajstić information content (AvgIpc) is 2.37. The number of nitrogens with one attached hydrogen (secondary N) is 2. The normalized spacial score (nSPS) is 12.0. The predicted molar refractivity (Wildman–Crippen MR) is 89.8 cm³/mol. The van der Waals surface area contributed by atoms with Gasteiger partial charge < -0.3 is 22.1 Å². The Kier molecular flexibility index (Phi) is 7.90. The van der Waals surface area contributed by atoms with Crippen LogP contribution in [-0.4, -0.2) is 24.0 Å². The number of primary amides is 1. The lowest BCUT2D eigenvalue weighted by molar-refractivity contribution is -0.123. The summed E-state index contributed by atoms with van der Waals surface area (Å²) in [6.07, 6.45) is 0.108. The lowest BCUT2D eigenvalue weighted by Crippen LogP contribution is -2.49. The summed E-state index contributed by atoms with van der Waals surface area (Å²) >= 11 is 0. The molecule has 1 unspecified atom stereocenters. The van der Waals surface area contributed by atoms with Gasteiger partial charge in [-0.1, -0.05) is 24.3 Å². The van der Waals surface area contributed by atoms with E-state index in [1.165, 1.54) is 0 Å². The molecule has 7 heteroatoms. The summed E-state index contributed by atoms with van der Waals surface area (Å²) in [6, 6.07) is 6.44. The highest BCUT2D eigenvalue weighted by atomic mass is 35.5. The Bertz CT molecular complexity index is 520. The number of hydrogen-bond acceptors (Lipinski definition) is 3. The highest BCUT2D eigenvalue weighted by Gasteiger charge is 2.23. The zero-order valence-electron chi connectivity index (χ0n) is 13.2. The Morgan fingerprint density at radius 1 is 1.27 bits per heavy atom. The van der Waals surface area contributed by atoms with Crippen LogP contribution in [0.25, 0.3) is 0 Å². The maximum Gasteiger partial charge on any atom is 0.312 e. The summed E-state index contributed by atoms with van der Waals surface area (Å²) in [5.74, 6) is -0.188. The number of aryl methyl sites for hydroxylation is 1. The lowest BCUT2D eigenvalue weighted by Gasteiger charge is -2.26. The number of halogens is 1. The highest BCUT2D eigenvalue weighted by Crippen LogP contribution is 2.20. The minimum Gasteiger partial charge on any atom is -0.352 e. The number of benzene rings is 1. The first-order chi connectivity index (χ1) is 9.75. The molecule has 0 heterocycles. The number of hydrogen-bond donors (Lipinski definition) is 4. The minimum absolute atomic E-state index is 0. The third-order valence-electron chi connectivity index (χ3n) is 3.26. The van der Waals surface area contributed by atoms with Crippen LogP contribution in [0.4, 0.5) is 4.79 Å². The average molecular weight is 329 g/mol. The van der Waals surface area contributed by atoms with Crippen LogP contribution in [0.3, 0.4) is 0 Å². The number of carbonyl (C=O) groups excluding carboxylic acids is 2. The van der Waals surface area contributed by atoms with E-state index in [0.717, 1.165) is 11.1 Å². The molecule has 0 aliphatic rings. The van der Waals surface area contributed by atoms with Gasteiger partial charge >= 0.3 is 6.03 Å². The second-order valence-corrected chi connectivity index (χ2v) is 5.76. The van der Waals surface area contributed by atoms with Crippen molar-refractivity contribution >= 4 is 24.3 Å². The van der Waals surface area contributed by atoms with Gasteiger partial charge in [0.2, 0.25) is 5.91 Å². The molecule has 124 valence electrons. The van der Waals surface area contributed by atoms with Crippen molar-refractivity contribution in [2.24, 2.45) is 11.5 Å². The quantitative estimate of drug-likeness (QED) is 0.633. The molecule has 0 saturated heterocycles. The molecule has 0 aliphatic heterocycles. The Morgan fingerprint density at radius 2 is 1.86 bits per heavy atom. The highest BCUT2D eigenvalue weighted by molar-refractivity contribution is 5.85. The van der Waals surface area contributed by atoms with Gasteiger partial charge in [0, 0.05) is 12.1 Å². The summed E-state index contributed by atoms with van der Waals surface area (Å²) in [7, 11) is 0. The molecule has 0 spiro atoms. The summed E-state index contributed by atoms with van der Waals surface area (Å²) in [6.45, 7) is 5.94. The molecule has 1 aromatic carbocycles. The van der Waals surface area contributed by atoms with E-state index < -0.39 is 17.6 Å². The van der Waals surface area contributed by atoms with E-state index >= 15 is 0 Å². The third-order valence-corrected chi connectivity index (χ3v) is 3.26. The van der Waals surface area contributed by atoms with Gasteiger partial charge in [0.25, 0.3) is 0 Å². The Balaban J connectivity index is 0.00000441. The zero-order chi connectivity index (χ0) is 16.0. The monoisotopic (exact) mass is 328 g/mol. The maximum atomic E-state index is 12.1. The first-order valence-electron chi connectivity index (χ1n) is 6.88. The molecule has 0 fully saturated rings. The third kappa shape index (κ3) is 6.32. The van der Waals surface area contributed by atoms with Crippen molar-refractivity contribution in [3.8, 4) is 0 Å². The first-order valence-corrected chi connectivity index (χ1v) is 6.88. The predicted octanol–water partition coefficient (Wildman–Crippen LogP) is 1.37. The van der Waals surface area contributed by atoms with E-state index in [-0.39, 0.29) is 24.7 Å². The van der Waals surface area contributed by atoms with Crippen LogP contribution in [0.15, 0.2) is 24.3 Å². The molecule has 0 saturated carbocycles. The van der Waals surface area contributed by atoms with E-state index in [9.17, 15) is 9.59 Å². The van der Waals surface area contributed by atoms with Crippen molar-refractivity contribution < 1.29 is 9.59 Å². The van der Waals surface area contributed by atoms with Gasteiger partial charge in [0.1, 0.15) is 0 Å². The standard InChI is InChI=1S/C15H24N4O2.ClH/c1-10-6-4-5-7-11(10)12(18-14(17)21)8-13(20)19-15(2,3)9-16;/h4-7,12H,8-9,16H2,1-3H3,(H,19,20)(H3,17,18,21);1H. The molecule has 0 radical (unpaired) electrons. The summed E-state index contributed by atoms with van der Waals surface area (Å²) < 4.78 is 0. The van der Waals surface area contributed by atoms with Crippen LogP contribution in [0.1, 0.15) is 37.4 Å². The Labute approximate surface area is 137 Å². The van der Waals surface area contributed by atoms with Crippen molar-refractivity contribution in [3.05, 3.63) is 35.4 Å². The van der Waals surface area contributed by atoms with Gasteiger partial charge in [0.15, 0.2) is 0 Å². The van der Waals surface area contributed by atoms with E-state index in [4.69, 9.17) is 11.5 Å². The molecule has 1 aromatic rings. The first kappa shape index (κ1) is 20.2. The molecule has 6 N–H and O–H groups in total. The molecule has 3 amide bonds. The van der Waals surface area contributed by atoms with Crippen LogP contribution in [0.5, 0.6) is 0 Å². The number of urea groups is 1. The second-order valence-electron chi connectivity index (χ2n) is 5.76. The van der Waals surface area contributed by atoms with E-state index in [2.05, 4.69) is 10.6 Å². The van der Waals surface area contributed by atoms with E-state index in [1.54, 1.807) is 0 Å². The molecule has 0 bridgehead atoms. The largest absolute Gasteiger partial charge is 0.352 e. The van der Waals surface area contributed by atoms with Gasteiger partial charge in [-0.05, 0) is 31.9 Å². The van der Waals surface area contributed by atoms with Crippen molar-refractivity contribution in [2.45, 2.75) is 38.8 Å². The van der Waals surface area contributed by atoms with Crippen molar-refractivity contribution in [1.29, 1.82) is 0 Å². The molecule has 1 rings (SSSR count). The van der Waals surface area contributed by atoms with E-state index in [0.29, 0.717) is 6.54 Å². The van der Waals surface area contributed by atoms with Crippen LogP contribution in [0, 0.1) is 6.92 Å². The number of carbonyl (C=O) groups is 2. The molecule has 22 heavy (non-hydrogen) atoms. The number of nitrogens with two attached hydrogens (primary N) is 2. The van der Waals surface area contributed by atoms with Crippen molar-refractivity contribution in [3.63, 3.8) is 0 Å². The van der Waals surface area contributed by atoms with Gasteiger partial charge in [-0.15, -0.1) is 12.4 Å². The molecular formula is C15H25ClN4O2.